The van der Waals surface area contributed by atoms with Gasteiger partial charge in [0.2, 0.25) is 0 Å². The zero-order valence-corrected chi connectivity index (χ0v) is 21.4. The molecule has 9 heteroatoms. The predicted octanol–water partition coefficient (Wildman–Crippen LogP) is 7.00. The molecular weight excluding hydrogens is 513 g/mol. The molecule has 174 valence electrons. The number of thiocarbonyl (C=S) groups is 1. The summed E-state index contributed by atoms with van der Waals surface area (Å²) in [5.41, 5.74) is 2.23. The molecule has 34 heavy (non-hydrogen) atoms. The van der Waals surface area contributed by atoms with Crippen molar-refractivity contribution < 1.29 is 19.0 Å². The molecule has 4 rings (SSSR count). The second kappa shape index (κ2) is 10.7. The second-order valence-electron chi connectivity index (χ2n) is 7.13. The number of methoxy groups -OCH3 is 2. The summed E-state index contributed by atoms with van der Waals surface area (Å²) in [5.74, 6) is 1.41. The summed E-state index contributed by atoms with van der Waals surface area (Å²) < 4.78 is 17.0. The van der Waals surface area contributed by atoms with Crippen LogP contribution in [0, 0.1) is 0 Å². The SMILES string of the molecule is COc1ccc(N2C(=O)/C(=C\c3ccc(OCc4ccccc4Cl)c(OC)c3)SC2=S)cc1Cl. The minimum atomic E-state index is -0.228. The van der Waals surface area contributed by atoms with Crippen molar-refractivity contribution in [2.45, 2.75) is 6.61 Å². The molecular formula is C25H19Cl2NO4S2. The summed E-state index contributed by atoms with van der Waals surface area (Å²) >= 11 is 19.1. The number of anilines is 1. The number of benzene rings is 3. The van der Waals surface area contributed by atoms with Crippen LogP contribution in [0.1, 0.15) is 11.1 Å². The summed E-state index contributed by atoms with van der Waals surface area (Å²) in [4.78, 5) is 15.0. The number of amides is 1. The number of carbonyl (C=O) groups is 1. The van der Waals surface area contributed by atoms with Crippen LogP contribution in [0.25, 0.3) is 6.08 Å². The Kier molecular flexibility index (Phi) is 7.68. The Bertz CT molecular complexity index is 1300. The fourth-order valence-corrected chi connectivity index (χ4v) is 5.04. The van der Waals surface area contributed by atoms with Crippen molar-refractivity contribution in [3.63, 3.8) is 0 Å². The summed E-state index contributed by atoms with van der Waals surface area (Å²) in [5, 5.41) is 1.04. The number of hydrogen-bond donors (Lipinski definition) is 0. The van der Waals surface area contributed by atoms with E-state index in [1.54, 1.807) is 43.5 Å². The first-order chi connectivity index (χ1) is 16.4. The standard InChI is InChI=1S/C25H19Cl2NO4S2/c1-30-20-10-8-17(13-19(20)27)28-24(29)23(34-25(28)33)12-15-7-9-21(22(11-15)31-2)32-14-16-5-3-4-6-18(16)26/h3-13H,14H2,1-2H3/b23-12+. The molecule has 1 heterocycles. The zero-order valence-electron chi connectivity index (χ0n) is 18.2. The third kappa shape index (κ3) is 5.18. The first-order valence-electron chi connectivity index (χ1n) is 10.1. The van der Waals surface area contributed by atoms with Crippen LogP contribution in [-0.4, -0.2) is 24.4 Å². The first-order valence-corrected chi connectivity index (χ1v) is 12.0. The van der Waals surface area contributed by atoms with Gasteiger partial charge in [-0.2, -0.15) is 0 Å². The van der Waals surface area contributed by atoms with Crippen LogP contribution >= 0.6 is 47.2 Å². The number of rotatable bonds is 7. The van der Waals surface area contributed by atoms with E-state index in [1.165, 1.54) is 23.8 Å². The van der Waals surface area contributed by atoms with Crippen LogP contribution in [0.2, 0.25) is 10.0 Å². The van der Waals surface area contributed by atoms with Crippen molar-refractivity contribution in [3.8, 4) is 17.2 Å². The van der Waals surface area contributed by atoms with Crippen molar-refractivity contribution >= 4 is 69.2 Å². The maximum absolute atomic E-state index is 13.1. The van der Waals surface area contributed by atoms with E-state index >= 15 is 0 Å². The highest BCUT2D eigenvalue weighted by atomic mass is 35.5. The molecule has 0 aromatic heterocycles. The van der Waals surface area contributed by atoms with E-state index < -0.39 is 0 Å². The van der Waals surface area contributed by atoms with Crippen LogP contribution in [0.15, 0.2) is 65.6 Å². The molecule has 5 nitrogen and oxygen atoms in total. The number of halogens is 2. The molecule has 0 saturated carbocycles. The lowest BCUT2D eigenvalue weighted by molar-refractivity contribution is -0.113. The molecule has 1 fully saturated rings. The van der Waals surface area contributed by atoms with Gasteiger partial charge >= 0.3 is 0 Å². The molecule has 0 N–H and O–H groups in total. The van der Waals surface area contributed by atoms with E-state index in [-0.39, 0.29) is 5.91 Å². The number of thioether (sulfide) groups is 1. The normalized spacial score (nSPS) is 14.6. The number of nitrogens with zero attached hydrogens (tertiary/aromatic N) is 1. The van der Waals surface area contributed by atoms with E-state index in [0.29, 0.717) is 48.8 Å². The Morgan fingerprint density at radius 2 is 1.68 bits per heavy atom. The Balaban J connectivity index is 1.54. The van der Waals surface area contributed by atoms with Crippen molar-refractivity contribution in [3.05, 3.63) is 86.7 Å². The van der Waals surface area contributed by atoms with Crippen LogP contribution < -0.4 is 19.1 Å². The molecule has 0 radical (unpaired) electrons. The molecule has 0 bridgehead atoms. The van der Waals surface area contributed by atoms with Gasteiger partial charge in [0.05, 0.1) is 29.8 Å². The van der Waals surface area contributed by atoms with Gasteiger partial charge in [-0.05, 0) is 48.0 Å². The fourth-order valence-electron chi connectivity index (χ4n) is 3.30. The van der Waals surface area contributed by atoms with Gasteiger partial charge in [0.1, 0.15) is 12.4 Å². The third-order valence-corrected chi connectivity index (χ3v) is 6.98. The highest BCUT2D eigenvalue weighted by Gasteiger charge is 2.33. The lowest BCUT2D eigenvalue weighted by atomic mass is 10.1. The molecule has 0 spiro atoms. The lowest BCUT2D eigenvalue weighted by Crippen LogP contribution is -2.27. The quantitative estimate of drug-likeness (QED) is 0.241. The molecule has 1 aliphatic rings. The minimum Gasteiger partial charge on any atom is -0.495 e. The average Bonchev–Trinajstić information content (AvgIpc) is 3.11. The Hall–Kier alpha value is -2.71. The van der Waals surface area contributed by atoms with E-state index in [1.807, 2.05) is 30.3 Å². The van der Waals surface area contributed by atoms with Gasteiger partial charge in [-0.25, -0.2) is 0 Å². The first kappa shape index (κ1) is 24.4. The predicted molar refractivity (Wildman–Crippen MR) is 142 cm³/mol. The van der Waals surface area contributed by atoms with Crippen molar-refractivity contribution in [1.29, 1.82) is 0 Å². The molecule has 1 saturated heterocycles. The van der Waals surface area contributed by atoms with Crippen molar-refractivity contribution in [2.24, 2.45) is 0 Å². The van der Waals surface area contributed by atoms with E-state index in [0.717, 1.165) is 11.1 Å². The Labute approximate surface area is 217 Å². The molecule has 1 aliphatic heterocycles. The number of hydrogen-bond acceptors (Lipinski definition) is 6. The molecule has 1 amide bonds. The number of carbonyl (C=O) groups excluding carboxylic acids is 1. The largest absolute Gasteiger partial charge is 0.495 e. The highest BCUT2D eigenvalue weighted by Crippen LogP contribution is 2.39. The summed E-state index contributed by atoms with van der Waals surface area (Å²) in [7, 11) is 3.10. The molecule has 3 aromatic rings. The number of ether oxygens (including phenoxy) is 3. The molecule has 3 aromatic carbocycles. The zero-order chi connectivity index (χ0) is 24.2. The summed E-state index contributed by atoms with van der Waals surface area (Å²) in [6, 6.07) is 18.0. The van der Waals surface area contributed by atoms with Gasteiger partial charge < -0.3 is 14.2 Å². The molecule has 0 aliphatic carbocycles. The maximum atomic E-state index is 13.1. The van der Waals surface area contributed by atoms with Gasteiger partial charge in [0.15, 0.2) is 15.8 Å². The van der Waals surface area contributed by atoms with E-state index in [4.69, 9.17) is 49.6 Å². The smallest absolute Gasteiger partial charge is 0.270 e. The van der Waals surface area contributed by atoms with Crippen molar-refractivity contribution in [1.82, 2.24) is 0 Å². The van der Waals surface area contributed by atoms with Gasteiger partial charge in [-0.3, -0.25) is 9.69 Å². The van der Waals surface area contributed by atoms with Gasteiger partial charge in [0, 0.05) is 10.6 Å². The maximum Gasteiger partial charge on any atom is 0.270 e. The topological polar surface area (TPSA) is 48.0 Å². The monoisotopic (exact) mass is 531 g/mol. The minimum absolute atomic E-state index is 0.228. The second-order valence-corrected chi connectivity index (χ2v) is 9.62. The molecule has 0 unspecified atom stereocenters. The van der Waals surface area contributed by atoms with Crippen LogP contribution in [0.4, 0.5) is 5.69 Å². The summed E-state index contributed by atoms with van der Waals surface area (Å²) in [6.45, 7) is 0.304. The summed E-state index contributed by atoms with van der Waals surface area (Å²) in [6.07, 6.45) is 1.77. The average molecular weight is 532 g/mol. The van der Waals surface area contributed by atoms with E-state index in [2.05, 4.69) is 0 Å². The van der Waals surface area contributed by atoms with Gasteiger partial charge in [-0.15, -0.1) is 0 Å². The van der Waals surface area contributed by atoms with Crippen LogP contribution in [-0.2, 0) is 11.4 Å². The van der Waals surface area contributed by atoms with Gasteiger partial charge in [0.25, 0.3) is 5.91 Å². The van der Waals surface area contributed by atoms with Crippen LogP contribution in [0.3, 0.4) is 0 Å². The van der Waals surface area contributed by atoms with Crippen LogP contribution in [0.5, 0.6) is 17.2 Å². The third-order valence-electron chi connectivity index (χ3n) is 5.01. The molecule has 0 atom stereocenters. The fraction of sp³-hybridized carbons (Fsp3) is 0.120. The lowest BCUT2D eigenvalue weighted by Gasteiger charge is -2.15. The highest BCUT2D eigenvalue weighted by molar-refractivity contribution is 8.27. The Morgan fingerprint density at radius 1 is 0.941 bits per heavy atom. The van der Waals surface area contributed by atoms with Gasteiger partial charge in [-0.1, -0.05) is 71.4 Å². The Morgan fingerprint density at radius 3 is 2.38 bits per heavy atom. The van der Waals surface area contributed by atoms with Crippen molar-refractivity contribution in [2.75, 3.05) is 19.1 Å². The van der Waals surface area contributed by atoms with E-state index in [9.17, 15) is 4.79 Å².